The van der Waals surface area contributed by atoms with Gasteiger partial charge in [0, 0.05) is 18.9 Å². The minimum Gasteiger partial charge on any atom is -0.497 e. The first-order valence-corrected chi connectivity index (χ1v) is 8.83. The molecule has 0 aliphatic rings. The first-order valence-electron chi connectivity index (χ1n) is 6.98. The first kappa shape index (κ1) is 16.5. The molecule has 0 N–H and O–H groups in total. The third-order valence-electron chi connectivity index (χ3n) is 3.46. The molecule has 6 heteroatoms. The van der Waals surface area contributed by atoms with Crippen molar-refractivity contribution in [2.75, 3.05) is 19.9 Å². The molecule has 0 amide bonds. The second-order valence-corrected chi connectivity index (χ2v) is 6.86. The van der Waals surface area contributed by atoms with Crippen LogP contribution < -0.4 is 4.74 Å². The van der Waals surface area contributed by atoms with Crippen LogP contribution in [-0.4, -0.2) is 37.6 Å². The Bertz CT molecular complexity index is 700. The predicted octanol–water partition coefficient (Wildman–Crippen LogP) is 2.46. The molecule has 5 nitrogen and oxygen atoms in total. The molecule has 0 saturated heterocycles. The highest BCUT2D eigenvalue weighted by Crippen LogP contribution is 2.31. The lowest BCUT2D eigenvalue weighted by Crippen LogP contribution is -2.34. The van der Waals surface area contributed by atoms with E-state index >= 15 is 0 Å². The van der Waals surface area contributed by atoms with Crippen LogP contribution in [0.5, 0.6) is 5.75 Å². The van der Waals surface area contributed by atoms with Crippen LogP contribution >= 0.6 is 0 Å². The van der Waals surface area contributed by atoms with Gasteiger partial charge in [0.05, 0.1) is 19.4 Å². The van der Waals surface area contributed by atoms with Gasteiger partial charge >= 0.3 is 0 Å². The zero-order valence-corrected chi connectivity index (χ0v) is 13.7. The van der Waals surface area contributed by atoms with Crippen molar-refractivity contribution in [1.82, 2.24) is 9.29 Å². The average molecular weight is 320 g/mol. The molecule has 0 bridgehead atoms. The fourth-order valence-corrected chi connectivity index (χ4v) is 3.55. The first-order chi connectivity index (χ1) is 10.5. The van der Waals surface area contributed by atoms with Crippen molar-refractivity contribution in [3.05, 3.63) is 59.9 Å². The zero-order valence-electron chi connectivity index (χ0n) is 12.9. The number of hydrogen-bond donors (Lipinski definition) is 0. The molecule has 118 valence electrons. The Labute approximate surface area is 131 Å². The van der Waals surface area contributed by atoms with Crippen molar-refractivity contribution in [3.63, 3.8) is 0 Å². The lowest BCUT2D eigenvalue weighted by Gasteiger charge is -2.29. The van der Waals surface area contributed by atoms with Crippen LogP contribution in [0.25, 0.3) is 0 Å². The van der Waals surface area contributed by atoms with Crippen molar-refractivity contribution in [3.8, 4) is 5.75 Å². The fraction of sp³-hybridized carbons (Fsp3) is 0.312. The smallest absolute Gasteiger partial charge is 0.212 e. The van der Waals surface area contributed by atoms with Gasteiger partial charge in [0.1, 0.15) is 5.75 Å². The molecular weight excluding hydrogens is 300 g/mol. The quantitative estimate of drug-likeness (QED) is 0.820. The number of ether oxygens (including phenoxy) is 1. The number of pyridine rings is 1. The van der Waals surface area contributed by atoms with Gasteiger partial charge in [-0.25, -0.2) is 8.42 Å². The van der Waals surface area contributed by atoms with Gasteiger partial charge in [0.15, 0.2) is 0 Å². The van der Waals surface area contributed by atoms with Crippen LogP contribution in [0.1, 0.15) is 24.1 Å². The molecule has 0 aliphatic carbocycles. The summed E-state index contributed by atoms with van der Waals surface area (Å²) >= 11 is 0. The Morgan fingerprint density at radius 1 is 1.18 bits per heavy atom. The monoisotopic (exact) mass is 320 g/mol. The lowest BCUT2D eigenvalue weighted by molar-refractivity contribution is 0.377. The zero-order chi connectivity index (χ0) is 16.2. The van der Waals surface area contributed by atoms with Crippen molar-refractivity contribution in [1.29, 1.82) is 0 Å². The van der Waals surface area contributed by atoms with Gasteiger partial charge in [-0.3, -0.25) is 4.98 Å². The van der Waals surface area contributed by atoms with E-state index in [9.17, 15) is 8.42 Å². The summed E-state index contributed by atoms with van der Waals surface area (Å²) in [6.07, 6.45) is 4.59. The maximum absolute atomic E-state index is 12.2. The second-order valence-electron chi connectivity index (χ2n) is 4.93. The molecule has 1 atom stereocenters. The van der Waals surface area contributed by atoms with Crippen molar-refractivity contribution in [2.24, 2.45) is 0 Å². The fourth-order valence-electron chi connectivity index (χ4n) is 2.46. The summed E-state index contributed by atoms with van der Waals surface area (Å²) in [5, 5.41) is 0. The van der Waals surface area contributed by atoms with Gasteiger partial charge < -0.3 is 4.74 Å². The molecule has 22 heavy (non-hydrogen) atoms. The minimum absolute atomic E-state index is 0.379. The van der Waals surface area contributed by atoms with Crippen LogP contribution in [0.4, 0.5) is 0 Å². The molecule has 1 heterocycles. The van der Waals surface area contributed by atoms with Crippen molar-refractivity contribution < 1.29 is 13.2 Å². The van der Waals surface area contributed by atoms with E-state index < -0.39 is 16.1 Å². The normalized spacial score (nSPS) is 13.1. The summed E-state index contributed by atoms with van der Waals surface area (Å²) in [7, 11) is -1.75. The highest BCUT2D eigenvalue weighted by atomic mass is 32.2. The molecular formula is C16H20N2O3S. The van der Waals surface area contributed by atoms with Crippen LogP contribution in [0, 0.1) is 0 Å². The number of aromatic nitrogens is 1. The summed E-state index contributed by atoms with van der Waals surface area (Å²) in [4.78, 5) is 4.12. The molecule has 1 aromatic carbocycles. The highest BCUT2D eigenvalue weighted by Gasteiger charge is 2.28. The Hall–Kier alpha value is -1.92. The standard InChI is InChI=1S/C16H20N2O3S/c1-4-18(22(3,19)20)16(14-6-5-11-17-12-14)13-7-9-15(21-2)10-8-13/h5-12,16H,4H2,1-3H3/t16-/m0/s1. The third-order valence-corrected chi connectivity index (χ3v) is 4.78. The van der Waals surface area contributed by atoms with E-state index in [4.69, 9.17) is 4.74 Å². The number of hydrogen-bond acceptors (Lipinski definition) is 4. The topological polar surface area (TPSA) is 59.5 Å². The number of rotatable bonds is 6. The Kier molecular flexibility index (Phi) is 5.15. The number of benzene rings is 1. The van der Waals surface area contributed by atoms with Gasteiger partial charge in [-0.05, 0) is 29.3 Å². The van der Waals surface area contributed by atoms with Crippen LogP contribution in [0.2, 0.25) is 0 Å². The summed E-state index contributed by atoms with van der Waals surface area (Å²) in [6.45, 7) is 2.21. The highest BCUT2D eigenvalue weighted by molar-refractivity contribution is 7.88. The summed E-state index contributed by atoms with van der Waals surface area (Å²) in [6, 6.07) is 10.7. The number of nitrogens with zero attached hydrogens (tertiary/aromatic N) is 2. The molecule has 0 radical (unpaired) electrons. The van der Waals surface area contributed by atoms with Gasteiger partial charge in [-0.1, -0.05) is 25.1 Å². The van der Waals surface area contributed by atoms with Crippen LogP contribution in [-0.2, 0) is 10.0 Å². The molecule has 2 rings (SSSR count). The van der Waals surface area contributed by atoms with E-state index in [1.165, 1.54) is 10.6 Å². The van der Waals surface area contributed by atoms with E-state index in [-0.39, 0.29) is 0 Å². The van der Waals surface area contributed by atoms with E-state index in [1.807, 2.05) is 43.3 Å². The van der Waals surface area contributed by atoms with Crippen molar-refractivity contribution in [2.45, 2.75) is 13.0 Å². The molecule has 0 unspecified atom stereocenters. The third kappa shape index (κ3) is 3.64. The lowest BCUT2D eigenvalue weighted by atomic mass is 10.00. The van der Waals surface area contributed by atoms with E-state index in [0.29, 0.717) is 6.54 Å². The van der Waals surface area contributed by atoms with Gasteiger partial charge in [0.2, 0.25) is 10.0 Å². The Morgan fingerprint density at radius 2 is 1.86 bits per heavy atom. The predicted molar refractivity (Wildman–Crippen MR) is 86.3 cm³/mol. The van der Waals surface area contributed by atoms with Gasteiger partial charge in [-0.15, -0.1) is 0 Å². The van der Waals surface area contributed by atoms with E-state index in [1.54, 1.807) is 19.5 Å². The second kappa shape index (κ2) is 6.89. The largest absolute Gasteiger partial charge is 0.497 e. The summed E-state index contributed by atoms with van der Waals surface area (Å²) in [5.74, 6) is 0.732. The van der Waals surface area contributed by atoms with Gasteiger partial charge in [0.25, 0.3) is 0 Å². The van der Waals surface area contributed by atoms with Crippen LogP contribution in [0.3, 0.4) is 0 Å². The summed E-state index contributed by atoms with van der Waals surface area (Å²) < 4.78 is 30.9. The molecule has 0 aliphatic heterocycles. The van der Waals surface area contributed by atoms with Crippen molar-refractivity contribution >= 4 is 10.0 Å². The Morgan fingerprint density at radius 3 is 2.32 bits per heavy atom. The average Bonchev–Trinajstić information content (AvgIpc) is 2.52. The molecule has 0 fully saturated rings. The number of sulfonamides is 1. The van der Waals surface area contributed by atoms with Gasteiger partial charge in [-0.2, -0.15) is 4.31 Å². The van der Waals surface area contributed by atoms with Crippen LogP contribution in [0.15, 0.2) is 48.8 Å². The number of methoxy groups -OCH3 is 1. The molecule has 0 spiro atoms. The molecule has 0 saturated carbocycles. The van der Waals surface area contributed by atoms with E-state index in [0.717, 1.165) is 16.9 Å². The SMILES string of the molecule is CCN([C@@H](c1ccc(OC)cc1)c1cccnc1)S(C)(=O)=O. The Balaban J connectivity index is 2.54. The molecule has 2 aromatic rings. The van der Waals surface area contributed by atoms with E-state index in [2.05, 4.69) is 4.98 Å². The minimum atomic E-state index is -3.35. The maximum atomic E-state index is 12.2. The maximum Gasteiger partial charge on any atom is 0.212 e. The summed E-state index contributed by atoms with van der Waals surface area (Å²) in [5.41, 5.74) is 1.71. The molecule has 1 aromatic heterocycles.